The molecule has 1 aromatic heterocycles. The normalized spacial score (nSPS) is 20.2. The summed E-state index contributed by atoms with van der Waals surface area (Å²) in [6.45, 7) is 2.63. The van der Waals surface area contributed by atoms with Crippen LogP contribution < -0.4 is 0 Å². The van der Waals surface area contributed by atoms with Gasteiger partial charge < -0.3 is 9.84 Å². The zero-order chi connectivity index (χ0) is 35.7. The first kappa shape index (κ1) is 36.1. The summed E-state index contributed by atoms with van der Waals surface area (Å²) in [6, 6.07) is 7.98. The zero-order valence-corrected chi connectivity index (χ0v) is 27.4. The Labute approximate surface area is 284 Å². The van der Waals surface area contributed by atoms with E-state index in [4.69, 9.17) is 11.6 Å². The van der Waals surface area contributed by atoms with Gasteiger partial charge in [0.1, 0.15) is 5.76 Å². The van der Waals surface area contributed by atoms with Gasteiger partial charge in [0.25, 0.3) is 0 Å². The van der Waals surface area contributed by atoms with Gasteiger partial charge in [0.15, 0.2) is 28.9 Å². The van der Waals surface area contributed by atoms with Crippen molar-refractivity contribution < 1.29 is 46.2 Å². The van der Waals surface area contributed by atoms with Gasteiger partial charge in [-0.25, -0.2) is 23.5 Å². The monoisotopic (exact) mass is 705 g/mol. The summed E-state index contributed by atoms with van der Waals surface area (Å²) in [5, 5.41) is 11.1. The molecule has 2 aliphatic heterocycles. The van der Waals surface area contributed by atoms with E-state index in [1.807, 2.05) is 4.90 Å². The molecular formula is C35H33ClF5N3O5. The third-order valence-corrected chi connectivity index (χ3v) is 9.41. The third kappa shape index (κ3) is 7.67. The van der Waals surface area contributed by atoms with Crippen LogP contribution in [0.1, 0.15) is 66.2 Å². The Morgan fingerprint density at radius 2 is 1.88 bits per heavy atom. The van der Waals surface area contributed by atoms with Gasteiger partial charge in [0, 0.05) is 24.9 Å². The van der Waals surface area contributed by atoms with Gasteiger partial charge in [-0.1, -0.05) is 18.2 Å². The molecule has 2 atom stereocenters. The van der Waals surface area contributed by atoms with Crippen LogP contribution in [-0.4, -0.2) is 63.2 Å². The van der Waals surface area contributed by atoms with Crippen molar-refractivity contribution in [2.45, 2.75) is 63.6 Å². The number of fused-ring (bicyclic) bond motifs is 1. The van der Waals surface area contributed by atoms with E-state index in [0.29, 0.717) is 31.5 Å². The number of methoxy groups -OCH3 is 1. The maximum Gasteiger partial charge on any atom is 0.416 e. The number of Topliss-reactive ketones (excluding diaryl/α,β-unsaturated/α-hetero) is 2. The summed E-state index contributed by atoms with van der Waals surface area (Å²) in [5.41, 5.74) is -2.24. The third-order valence-electron chi connectivity index (χ3n) is 9.24. The molecule has 0 aliphatic carbocycles. The van der Waals surface area contributed by atoms with E-state index >= 15 is 0 Å². The zero-order valence-electron chi connectivity index (χ0n) is 26.7. The minimum Gasteiger partial charge on any atom is -0.509 e. The number of esters is 1. The lowest BCUT2D eigenvalue weighted by Gasteiger charge is -2.39. The summed E-state index contributed by atoms with van der Waals surface area (Å²) in [7, 11) is 1.10. The molecule has 2 aliphatic rings. The predicted molar refractivity (Wildman–Crippen MR) is 169 cm³/mol. The number of hydrogen-bond donors (Lipinski definition) is 1. The number of nitrogens with zero attached hydrogens (tertiary/aromatic N) is 3. The second kappa shape index (κ2) is 14.3. The minimum atomic E-state index is -4.70. The van der Waals surface area contributed by atoms with Gasteiger partial charge in [0.2, 0.25) is 5.28 Å². The predicted octanol–water partition coefficient (Wildman–Crippen LogP) is 7.27. The van der Waals surface area contributed by atoms with Crippen LogP contribution in [0.2, 0.25) is 5.28 Å². The van der Waals surface area contributed by atoms with Crippen LogP contribution in [0.4, 0.5) is 22.0 Å². The lowest BCUT2D eigenvalue weighted by molar-refractivity contribution is -0.137. The Morgan fingerprint density at radius 3 is 2.59 bits per heavy atom. The van der Waals surface area contributed by atoms with Crippen molar-refractivity contribution in [1.29, 1.82) is 0 Å². The highest BCUT2D eigenvalue weighted by atomic mass is 35.5. The number of rotatable bonds is 9. The summed E-state index contributed by atoms with van der Waals surface area (Å²) in [5.74, 6) is -4.93. The van der Waals surface area contributed by atoms with E-state index in [1.54, 1.807) is 6.92 Å². The summed E-state index contributed by atoms with van der Waals surface area (Å²) >= 11 is 5.99. The molecule has 0 saturated carbocycles. The fourth-order valence-corrected chi connectivity index (χ4v) is 6.88. The van der Waals surface area contributed by atoms with Crippen molar-refractivity contribution in [3.05, 3.63) is 93.1 Å². The average molecular weight is 706 g/mol. The Balaban J connectivity index is 1.41. The van der Waals surface area contributed by atoms with Gasteiger partial charge in [-0.05, 0) is 98.5 Å². The number of ether oxygens (including phenoxy) is 1. The first-order valence-corrected chi connectivity index (χ1v) is 16.0. The van der Waals surface area contributed by atoms with E-state index in [9.17, 15) is 41.4 Å². The molecule has 2 aromatic carbocycles. The molecule has 5 rings (SSSR count). The van der Waals surface area contributed by atoms with Gasteiger partial charge in [-0.2, -0.15) is 13.2 Å². The molecule has 260 valence electrons. The molecule has 14 heteroatoms. The van der Waals surface area contributed by atoms with Gasteiger partial charge in [0.05, 0.1) is 29.5 Å². The number of hydrogen-bond acceptors (Lipinski definition) is 8. The number of ketones is 2. The number of aliphatic hydroxyl groups excluding tert-OH is 1. The van der Waals surface area contributed by atoms with Crippen LogP contribution >= 0.6 is 11.6 Å². The summed E-state index contributed by atoms with van der Waals surface area (Å²) in [6.07, 6.45) is -3.80. The Morgan fingerprint density at radius 1 is 1.12 bits per heavy atom. The standard InChI is InChI=1S/C35H33ClF5N3O5/c1-34-12-5-13-44(34)18-19(14-21-7-3-8-24(37)30(21)38)15-28(46)29(31(34)47)27(45)9-4-6-20-10-11-22(35(39,40)41)16-23(20)25-17-26(32(48)49-2)43-33(36)42-25/h3,7-8,10-11,16-17,19,47H,4-6,9,12-15,18H2,1-2H3. The molecule has 0 radical (unpaired) electrons. The van der Waals surface area contributed by atoms with Crippen molar-refractivity contribution in [3.8, 4) is 11.3 Å². The lowest BCUT2D eigenvalue weighted by atomic mass is 9.82. The molecule has 3 heterocycles. The van der Waals surface area contributed by atoms with Crippen LogP contribution in [0.25, 0.3) is 11.3 Å². The number of aliphatic hydroxyl groups is 1. The van der Waals surface area contributed by atoms with Crippen LogP contribution in [0.5, 0.6) is 0 Å². The lowest BCUT2D eigenvalue weighted by Crippen LogP contribution is -2.48. The van der Waals surface area contributed by atoms with Crippen LogP contribution in [0, 0.1) is 17.6 Å². The Kier molecular flexibility index (Phi) is 10.5. The fourth-order valence-electron chi connectivity index (χ4n) is 6.70. The number of halogens is 6. The maximum atomic E-state index is 14.6. The van der Waals surface area contributed by atoms with E-state index in [-0.39, 0.29) is 66.0 Å². The highest BCUT2D eigenvalue weighted by molar-refractivity contribution is 6.28. The number of carbonyl (C=O) groups is 3. The number of alkyl halides is 3. The molecular weight excluding hydrogens is 673 g/mol. The fraction of sp³-hybridized carbons (Fsp3) is 0.400. The van der Waals surface area contributed by atoms with Crippen molar-refractivity contribution in [2.75, 3.05) is 20.2 Å². The molecule has 49 heavy (non-hydrogen) atoms. The highest BCUT2D eigenvalue weighted by Crippen LogP contribution is 2.40. The molecule has 1 N–H and O–H groups in total. The number of aryl methyl sites for hydroxylation is 1. The van der Waals surface area contributed by atoms with Gasteiger partial charge in [-0.3, -0.25) is 14.5 Å². The van der Waals surface area contributed by atoms with E-state index in [1.165, 1.54) is 18.2 Å². The van der Waals surface area contributed by atoms with Crippen LogP contribution in [0.15, 0.2) is 53.8 Å². The van der Waals surface area contributed by atoms with Crippen molar-refractivity contribution in [2.24, 2.45) is 5.92 Å². The quantitative estimate of drug-likeness (QED) is 0.107. The molecule has 1 saturated heterocycles. The summed E-state index contributed by atoms with van der Waals surface area (Å²) in [4.78, 5) is 49.2. The molecule has 0 spiro atoms. The number of benzene rings is 2. The van der Waals surface area contributed by atoms with Crippen LogP contribution in [-0.2, 0) is 33.3 Å². The van der Waals surface area contributed by atoms with Gasteiger partial charge in [-0.15, -0.1) is 0 Å². The van der Waals surface area contributed by atoms with E-state index < -0.39 is 57.7 Å². The molecule has 3 aromatic rings. The van der Waals surface area contributed by atoms with E-state index in [0.717, 1.165) is 31.4 Å². The van der Waals surface area contributed by atoms with Crippen molar-refractivity contribution in [1.82, 2.24) is 14.9 Å². The van der Waals surface area contributed by atoms with Crippen molar-refractivity contribution >= 4 is 29.1 Å². The van der Waals surface area contributed by atoms with Crippen LogP contribution in [0.3, 0.4) is 0 Å². The van der Waals surface area contributed by atoms with E-state index in [2.05, 4.69) is 14.7 Å². The summed E-state index contributed by atoms with van der Waals surface area (Å²) < 4.78 is 74.2. The maximum absolute atomic E-state index is 14.6. The molecule has 1 fully saturated rings. The molecule has 8 nitrogen and oxygen atoms in total. The molecule has 2 unspecified atom stereocenters. The topological polar surface area (TPSA) is 110 Å². The first-order chi connectivity index (χ1) is 23.1. The Bertz CT molecular complexity index is 1830. The Hall–Kier alpha value is -4.23. The van der Waals surface area contributed by atoms with Gasteiger partial charge >= 0.3 is 12.1 Å². The average Bonchev–Trinajstić information content (AvgIpc) is 3.41. The largest absolute Gasteiger partial charge is 0.509 e. The highest BCUT2D eigenvalue weighted by Gasteiger charge is 2.46. The second-order valence-electron chi connectivity index (χ2n) is 12.5. The second-order valence-corrected chi connectivity index (χ2v) is 12.8. The SMILES string of the molecule is COC(=O)c1cc(-c2cc(C(F)(F)F)ccc2CCCC(=O)C2=C(O)C3(C)CCCN3CC(Cc3cccc(F)c3F)CC2=O)nc(Cl)n1. The molecule has 0 amide bonds. The number of aromatic nitrogens is 2. The smallest absolute Gasteiger partial charge is 0.416 e. The van der Waals surface area contributed by atoms with Crippen molar-refractivity contribution in [3.63, 3.8) is 0 Å². The molecule has 0 bridgehead atoms. The first-order valence-electron chi connectivity index (χ1n) is 15.6. The minimum absolute atomic E-state index is 0.00218. The number of carbonyl (C=O) groups excluding carboxylic acids is 3. The number of allylic oxidation sites excluding steroid dienone is 1.